The zero-order chi connectivity index (χ0) is 26.5. The summed E-state index contributed by atoms with van der Waals surface area (Å²) >= 11 is 0. The Balaban J connectivity index is 1.64. The Morgan fingerprint density at radius 3 is 2.22 bits per heavy atom. The van der Waals surface area contributed by atoms with Gasteiger partial charge in [-0.3, -0.25) is 14.9 Å². The van der Waals surface area contributed by atoms with Crippen LogP contribution in [0.25, 0.3) is 0 Å². The molecule has 0 radical (unpaired) electrons. The van der Waals surface area contributed by atoms with Crippen LogP contribution in [0.3, 0.4) is 0 Å². The Morgan fingerprint density at radius 1 is 1.00 bits per heavy atom. The monoisotopic (exact) mass is 506 g/mol. The maximum atomic E-state index is 13.7. The molecule has 0 saturated carbocycles. The summed E-state index contributed by atoms with van der Waals surface area (Å²) in [6, 6.07) is 16.4. The lowest BCUT2D eigenvalue weighted by atomic mass is 9.91. The van der Waals surface area contributed by atoms with Gasteiger partial charge in [0.25, 0.3) is 11.6 Å². The first-order chi connectivity index (χ1) is 17.8. The number of carbonyl (C=O) groups is 1. The van der Waals surface area contributed by atoms with Crippen molar-refractivity contribution >= 4 is 11.6 Å². The second kappa shape index (κ2) is 11.2. The van der Waals surface area contributed by atoms with E-state index in [1.165, 1.54) is 12.1 Å². The Morgan fingerprint density at radius 2 is 1.62 bits per heavy atom. The molecule has 1 amide bonds. The number of ether oxygens (including phenoxy) is 4. The molecule has 3 aromatic carbocycles. The molecule has 4 rings (SSSR count). The lowest BCUT2D eigenvalue weighted by Gasteiger charge is -2.37. The molecule has 1 heterocycles. The highest BCUT2D eigenvalue weighted by atomic mass is 16.6. The standard InChI is InChI=1S/C28H30N2O7/c1-18(2)37-23-9-5-19(6-10-23)28(31)29-14-13-20-15-26(34-3)27(35-4)16-24(20)25(29)17-36-22-11-7-21(8-12-22)30(32)33/h5-12,15-16,18,25H,13-14,17H2,1-4H3. The lowest BCUT2D eigenvalue weighted by Crippen LogP contribution is -2.42. The maximum Gasteiger partial charge on any atom is 0.269 e. The average molecular weight is 507 g/mol. The Hall–Kier alpha value is -4.27. The second-order valence-corrected chi connectivity index (χ2v) is 8.92. The molecular formula is C28H30N2O7. The molecule has 37 heavy (non-hydrogen) atoms. The number of benzene rings is 3. The predicted molar refractivity (Wildman–Crippen MR) is 138 cm³/mol. The third-order valence-corrected chi connectivity index (χ3v) is 6.19. The van der Waals surface area contributed by atoms with Crippen LogP contribution in [0.15, 0.2) is 60.7 Å². The van der Waals surface area contributed by atoms with Crippen molar-refractivity contribution in [3.63, 3.8) is 0 Å². The largest absolute Gasteiger partial charge is 0.493 e. The van der Waals surface area contributed by atoms with Crippen molar-refractivity contribution in [1.82, 2.24) is 4.90 Å². The highest BCUT2D eigenvalue weighted by Crippen LogP contribution is 2.39. The normalized spacial score (nSPS) is 14.6. The van der Waals surface area contributed by atoms with Gasteiger partial charge in [-0.25, -0.2) is 0 Å². The number of hydrogen-bond donors (Lipinski definition) is 0. The molecule has 0 saturated heterocycles. The number of nitro benzene ring substituents is 1. The molecule has 1 unspecified atom stereocenters. The summed E-state index contributed by atoms with van der Waals surface area (Å²) in [5, 5.41) is 11.0. The van der Waals surface area contributed by atoms with Gasteiger partial charge in [0.1, 0.15) is 18.1 Å². The van der Waals surface area contributed by atoms with Gasteiger partial charge in [0, 0.05) is 24.2 Å². The van der Waals surface area contributed by atoms with Crippen molar-refractivity contribution in [1.29, 1.82) is 0 Å². The topological polar surface area (TPSA) is 100 Å². The third-order valence-electron chi connectivity index (χ3n) is 6.19. The highest BCUT2D eigenvalue weighted by molar-refractivity contribution is 5.95. The van der Waals surface area contributed by atoms with Gasteiger partial charge >= 0.3 is 0 Å². The van der Waals surface area contributed by atoms with Gasteiger partial charge in [-0.05, 0) is 79.9 Å². The lowest BCUT2D eigenvalue weighted by molar-refractivity contribution is -0.384. The number of rotatable bonds is 9. The summed E-state index contributed by atoms with van der Waals surface area (Å²) < 4.78 is 22.7. The molecule has 0 aliphatic carbocycles. The molecule has 3 aromatic rings. The van der Waals surface area contributed by atoms with Crippen LogP contribution in [0.5, 0.6) is 23.0 Å². The minimum absolute atomic E-state index is 0.0195. The van der Waals surface area contributed by atoms with Crippen LogP contribution < -0.4 is 18.9 Å². The van der Waals surface area contributed by atoms with Crippen LogP contribution in [-0.4, -0.2) is 49.2 Å². The van der Waals surface area contributed by atoms with E-state index in [1.807, 2.05) is 26.0 Å². The fraction of sp³-hybridized carbons (Fsp3) is 0.321. The van der Waals surface area contributed by atoms with Gasteiger partial charge < -0.3 is 23.8 Å². The first kappa shape index (κ1) is 25.8. The molecule has 9 nitrogen and oxygen atoms in total. The quantitative estimate of drug-likeness (QED) is 0.290. The zero-order valence-electron chi connectivity index (χ0n) is 21.3. The van der Waals surface area contributed by atoms with Gasteiger partial charge in [-0.15, -0.1) is 0 Å². The Labute approximate surface area is 215 Å². The molecule has 194 valence electrons. The molecule has 0 N–H and O–H groups in total. The van der Waals surface area contributed by atoms with Crippen LogP contribution in [0.1, 0.15) is 41.4 Å². The first-order valence-corrected chi connectivity index (χ1v) is 12.0. The van der Waals surface area contributed by atoms with E-state index in [9.17, 15) is 14.9 Å². The van der Waals surface area contributed by atoms with E-state index in [-0.39, 0.29) is 24.3 Å². The zero-order valence-corrected chi connectivity index (χ0v) is 21.3. The van der Waals surface area contributed by atoms with Crippen LogP contribution >= 0.6 is 0 Å². The molecule has 0 fully saturated rings. The second-order valence-electron chi connectivity index (χ2n) is 8.92. The summed E-state index contributed by atoms with van der Waals surface area (Å²) in [5.41, 5.74) is 2.47. The summed E-state index contributed by atoms with van der Waals surface area (Å²) in [5.74, 6) is 2.22. The number of carbonyl (C=O) groups excluding carboxylic acids is 1. The van der Waals surface area contributed by atoms with E-state index >= 15 is 0 Å². The number of hydrogen-bond acceptors (Lipinski definition) is 7. The van der Waals surface area contributed by atoms with Crippen LogP contribution in [0, 0.1) is 10.1 Å². The number of methoxy groups -OCH3 is 2. The SMILES string of the molecule is COc1cc2c(cc1OC)C(COc1ccc([N+](=O)[O-])cc1)N(C(=O)c1ccc(OC(C)C)cc1)CC2. The summed E-state index contributed by atoms with van der Waals surface area (Å²) in [6.07, 6.45) is 0.678. The summed E-state index contributed by atoms with van der Waals surface area (Å²) in [6.45, 7) is 4.53. The van der Waals surface area contributed by atoms with Crippen molar-refractivity contribution in [2.45, 2.75) is 32.4 Å². The number of nitro groups is 1. The van der Waals surface area contributed by atoms with E-state index in [0.29, 0.717) is 41.5 Å². The van der Waals surface area contributed by atoms with Crippen molar-refractivity contribution in [2.75, 3.05) is 27.4 Å². The minimum Gasteiger partial charge on any atom is -0.493 e. The first-order valence-electron chi connectivity index (χ1n) is 12.0. The highest BCUT2D eigenvalue weighted by Gasteiger charge is 2.33. The average Bonchev–Trinajstić information content (AvgIpc) is 2.90. The smallest absolute Gasteiger partial charge is 0.269 e. The number of fused-ring (bicyclic) bond motifs is 1. The van der Waals surface area contributed by atoms with E-state index in [1.54, 1.807) is 55.5 Å². The van der Waals surface area contributed by atoms with Crippen LogP contribution in [0.2, 0.25) is 0 Å². The molecule has 9 heteroatoms. The van der Waals surface area contributed by atoms with Gasteiger partial charge in [0.15, 0.2) is 11.5 Å². The van der Waals surface area contributed by atoms with Crippen LogP contribution in [0.4, 0.5) is 5.69 Å². The van der Waals surface area contributed by atoms with Crippen LogP contribution in [-0.2, 0) is 6.42 Å². The van der Waals surface area contributed by atoms with Crippen molar-refractivity contribution in [3.8, 4) is 23.0 Å². The van der Waals surface area contributed by atoms with Gasteiger partial charge in [0.2, 0.25) is 0 Å². The van der Waals surface area contributed by atoms with Crippen molar-refractivity contribution in [3.05, 3.63) is 87.5 Å². The summed E-state index contributed by atoms with van der Waals surface area (Å²) in [4.78, 5) is 26.0. The van der Waals surface area contributed by atoms with Crippen molar-refractivity contribution < 1.29 is 28.7 Å². The fourth-order valence-electron chi connectivity index (χ4n) is 4.40. The van der Waals surface area contributed by atoms with E-state index < -0.39 is 11.0 Å². The number of non-ortho nitro benzene ring substituents is 1. The van der Waals surface area contributed by atoms with Crippen molar-refractivity contribution in [2.24, 2.45) is 0 Å². The number of amides is 1. The Kier molecular flexibility index (Phi) is 7.81. The minimum atomic E-state index is -0.460. The van der Waals surface area contributed by atoms with Gasteiger partial charge in [-0.2, -0.15) is 0 Å². The molecular weight excluding hydrogens is 476 g/mol. The van der Waals surface area contributed by atoms with E-state index in [2.05, 4.69) is 0 Å². The van der Waals surface area contributed by atoms with Gasteiger partial charge in [-0.1, -0.05) is 0 Å². The van der Waals surface area contributed by atoms with E-state index in [4.69, 9.17) is 18.9 Å². The Bertz CT molecular complexity index is 1260. The molecule has 0 spiro atoms. The molecule has 1 atom stereocenters. The van der Waals surface area contributed by atoms with E-state index in [0.717, 1.165) is 11.1 Å². The predicted octanol–water partition coefficient (Wildman–Crippen LogP) is 5.22. The molecule has 1 aliphatic heterocycles. The molecule has 1 aliphatic rings. The number of nitrogens with zero attached hydrogens (tertiary/aromatic N) is 2. The fourth-order valence-corrected chi connectivity index (χ4v) is 4.40. The van der Waals surface area contributed by atoms with Gasteiger partial charge in [0.05, 0.1) is 31.3 Å². The molecule has 0 aromatic heterocycles. The third kappa shape index (κ3) is 5.77. The molecule has 0 bridgehead atoms. The summed E-state index contributed by atoms with van der Waals surface area (Å²) in [7, 11) is 3.16. The maximum absolute atomic E-state index is 13.7.